The lowest BCUT2D eigenvalue weighted by molar-refractivity contribution is 0.00578. The zero-order valence-electron chi connectivity index (χ0n) is 16.5. The van der Waals surface area contributed by atoms with Crippen LogP contribution in [0, 0.1) is 6.92 Å². The van der Waals surface area contributed by atoms with E-state index in [-0.39, 0.29) is 11.2 Å². The maximum absolute atomic E-state index is 6.22. The van der Waals surface area contributed by atoms with Crippen molar-refractivity contribution in [3.8, 4) is 11.5 Å². The zero-order valence-corrected chi connectivity index (χ0v) is 16.5. The molecule has 0 unspecified atom stereocenters. The minimum Gasteiger partial charge on any atom is -0.497 e. The zero-order chi connectivity index (χ0) is 18.9. The fourth-order valence-corrected chi connectivity index (χ4v) is 2.91. The van der Waals surface area contributed by atoms with Crippen LogP contribution in [0.25, 0.3) is 0 Å². The molecular weight excluding hydrogens is 327 g/mol. The Labute approximate surface area is 156 Å². The van der Waals surface area contributed by atoms with Crippen LogP contribution in [0.2, 0.25) is 0 Å². The molecule has 2 aromatic rings. The quantitative estimate of drug-likeness (QED) is 0.764. The summed E-state index contributed by atoms with van der Waals surface area (Å²) in [6, 6.07) is 13.9. The van der Waals surface area contributed by atoms with E-state index >= 15 is 0 Å². The summed E-state index contributed by atoms with van der Waals surface area (Å²) in [6.45, 7) is 10.7. The molecule has 1 aliphatic heterocycles. The van der Waals surface area contributed by atoms with Crippen LogP contribution in [-0.2, 0) is 15.9 Å². The average molecular weight is 354 g/mol. The SMILES string of the molecule is COc1ccc(B2OC(C)(C)C(C)(C)O2)c(COc2ccccc2C)c1. The molecule has 1 aliphatic rings. The van der Waals surface area contributed by atoms with Crippen molar-refractivity contribution in [2.45, 2.75) is 52.4 Å². The first-order chi connectivity index (χ1) is 12.2. The van der Waals surface area contributed by atoms with Gasteiger partial charge in [0.15, 0.2) is 0 Å². The van der Waals surface area contributed by atoms with Crippen LogP contribution in [0.3, 0.4) is 0 Å². The maximum atomic E-state index is 6.22. The first-order valence-corrected chi connectivity index (χ1v) is 8.94. The molecule has 1 heterocycles. The fraction of sp³-hybridized carbons (Fsp3) is 0.429. The number of methoxy groups -OCH3 is 1. The smallest absolute Gasteiger partial charge is 0.495 e. The lowest BCUT2D eigenvalue weighted by Crippen LogP contribution is -2.41. The molecule has 26 heavy (non-hydrogen) atoms. The summed E-state index contributed by atoms with van der Waals surface area (Å²) in [4.78, 5) is 0. The van der Waals surface area contributed by atoms with Crippen molar-refractivity contribution in [1.29, 1.82) is 0 Å². The number of hydrogen-bond donors (Lipinski definition) is 0. The number of ether oxygens (including phenoxy) is 2. The molecule has 0 aromatic heterocycles. The number of benzene rings is 2. The third kappa shape index (κ3) is 3.60. The Kier molecular flexibility index (Phi) is 5.04. The van der Waals surface area contributed by atoms with Gasteiger partial charge in [-0.1, -0.05) is 24.3 Å². The summed E-state index contributed by atoms with van der Waals surface area (Å²) in [5, 5.41) is 0. The highest BCUT2D eigenvalue weighted by Gasteiger charge is 2.52. The summed E-state index contributed by atoms with van der Waals surface area (Å²) >= 11 is 0. The van der Waals surface area contributed by atoms with E-state index in [1.54, 1.807) is 7.11 Å². The summed E-state index contributed by atoms with van der Waals surface area (Å²) in [5.41, 5.74) is 2.30. The van der Waals surface area contributed by atoms with Gasteiger partial charge in [0.05, 0.1) is 18.3 Å². The van der Waals surface area contributed by atoms with Gasteiger partial charge in [-0.05, 0) is 69.4 Å². The molecule has 0 bridgehead atoms. The lowest BCUT2D eigenvalue weighted by atomic mass is 9.76. The molecular formula is C21H27BO4. The fourth-order valence-electron chi connectivity index (χ4n) is 2.91. The Balaban J connectivity index is 1.88. The molecule has 2 aromatic carbocycles. The highest BCUT2D eigenvalue weighted by Crippen LogP contribution is 2.37. The van der Waals surface area contributed by atoms with Crippen molar-refractivity contribution in [1.82, 2.24) is 0 Å². The van der Waals surface area contributed by atoms with E-state index in [0.29, 0.717) is 6.61 Å². The van der Waals surface area contributed by atoms with Gasteiger partial charge in [0.1, 0.15) is 18.1 Å². The molecule has 1 saturated heterocycles. The van der Waals surface area contributed by atoms with Crippen molar-refractivity contribution in [3.05, 3.63) is 53.6 Å². The molecule has 0 N–H and O–H groups in total. The molecule has 0 amide bonds. The molecule has 4 nitrogen and oxygen atoms in total. The summed E-state index contributed by atoms with van der Waals surface area (Å²) in [5.74, 6) is 1.66. The second kappa shape index (κ2) is 6.97. The molecule has 0 radical (unpaired) electrons. The summed E-state index contributed by atoms with van der Waals surface area (Å²) < 4.78 is 23.9. The normalized spacial score (nSPS) is 18.0. The van der Waals surface area contributed by atoms with Crippen LogP contribution in [-0.4, -0.2) is 25.4 Å². The number of para-hydroxylation sites is 1. The largest absolute Gasteiger partial charge is 0.497 e. The van der Waals surface area contributed by atoms with E-state index in [1.807, 2.05) is 49.4 Å². The second-order valence-corrected chi connectivity index (χ2v) is 7.71. The van der Waals surface area contributed by atoms with Gasteiger partial charge in [-0.15, -0.1) is 0 Å². The molecule has 0 spiro atoms. The maximum Gasteiger partial charge on any atom is 0.495 e. The Morgan fingerprint density at radius 2 is 1.62 bits per heavy atom. The van der Waals surface area contributed by atoms with E-state index in [0.717, 1.165) is 28.1 Å². The van der Waals surface area contributed by atoms with E-state index in [2.05, 4.69) is 27.7 Å². The number of aryl methyl sites for hydroxylation is 1. The summed E-state index contributed by atoms with van der Waals surface area (Å²) in [7, 11) is 1.23. The third-order valence-corrected chi connectivity index (χ3v) is 5.33. The Bertz CT molecular complexity index is 769. The topological polar surface area (TPSA) is 36.9 Å². The van der Waals surface area contributed by atoms with Gasteiger partial charge < -0.3 is 18.8 Å². The monoisotopic (exact) mass is 354 g/mol. The van der Waals surface area contributed by atoms with E-state index in [4.69, 9.17) is 18.8 Å². The standard InChI is InChI=1S/C21H27BO4/c1-15-9-7-8-10-19(15)24-14-16-13-17(23-6)11-12-18(16)22-25-20(2,3)21(4,5)26-22/h7-13H,14H2,1-6H3. The van der Waals surface area contributed by atoms with Gasteiger partial charge in [0.25, 0.3) is 0 Å². The molecule has 3 rings (SSSR count). The predicted molar refractivity (Wildman–Crippen MR) is 104 cm³/mol. The highest BCUT2D eigenvalue weighted by atomic mass is 16.7. The van der Waals surface area contributed by atoms with Crippen molar-refractivity contribution in [3.63, 3.8) is 0 Å². The van der Waals surface area contributed by atoms with Crippen LogP contribution in [0.4, 0.5) is 0 Å². The molecule has 5 heteroatoms. The van der Waals surface area contributed by atoms with Gasteiger partial charge in [-0.2, -0.15) is 0 Å². The Morgan fingerprint density at radius 3 is 2.23 bits per heavy atom. The molecule has 0 aliphatic carbocycles. The number of rotatable bonds is 5. The van der Waals surface area contributed by atoms with Gasteiger partial charge in [-0.3, -0.25) is 0 Å². The minimum atomic E-state index is -0.429. The Morgan fingerprint density at radius 1 is 0.962 bits per heavy atom. The molecule has 0 atom stereocenters. The summed E-state index contributed by atoms with van der Waals surface area (Å²) in [6.07, 6.45) is 0. The van der Waals surface area contributed by atoms with Gasteiger partial charge in [-0.25, -0.2) is 0 Å². The van der Waals surface area contributed by atoms with Crippen molar-refractivity contribution in [2.24, 2.45) is 0 Å². The highest BCUT2D eigenvalue weighted by molar-refractivity contribution is 6.62. The van der Waals surface area contributed by atoms with Gasteiger partial charge in [0, 0.05) is 0 Å². The number of hydrogen-bond acceptors (Lipinski definition) is 4. The van der Waals surface area contributed by atoms with Crippen LogP contribution < -0.4 is 14.9 Å². The van der Waals surface area contributed by atoms with Gasteiger partial charge in [0.2, 0.25) is 0 Å². The third-order valence-electron chi connectivity index (χ3n) is 5.33. The molecule has 1 fully saturated rings. The molecule has 0 saturated carbocycles. The van der Waals surface area contributed by atoms with Crippen LogP contribution in [0.1, 0.15) is 38.8 Å². The van der Waals surface area contributed by atoms with Crippen molar-refractivity contribution >= 4 is 12.6 Å². The second-order valence-electron chi connectivity index (χ2n) is 7.71. The van der Waals surface area contributed by atoms with Crippen molar-refractivity contribution in [2.75, 3.05) is 7.11 Å². The molecule has 138 valence electrons. The van der Waals surface area contributed by atoms with E-state index < -0.39 is 7.12 Å². The Hall–Kier alpha value is -1.98. The van der Waals surface area contributed by atoms with E-state index in [9.17, 15) is 0 Å². The minimum absolute atomic E-state index is 0.383. The van der Waals surface area contributed by atoms with Crippen LogP contribution >= 0.6 is 0 Å². The van der Waals surface area contributed by atoms with Crippen LogP contribution in [0.15, 0.2) is 42.5 Å². The van der Waals surface area contributed by atoms with Gasteiger partial charge >= 0.3 is 7.12 Å². The van der Waals surface area contributed by atoms with Crippen LogP contribution in [0.5, 0.6) is 11.5 Å². The average Bonchev–Trinajstić information content (AvgIpc) is 2.81. The van der Waals surface area contributed by atoms with E-state index in [1.165, 1.54) is 0 Å². The predicted octanol–water partition coefficient (Wildman–Crippen LogP) is 3.88. The first-order valence-electron chi connectivity index (χ1n) is 8.94. The van der Waals surface area contributed by atoms with Crippen molar-refractivity contribution < 1.29 is 18.8 Å². The first kappa shape index (κ1) is 18.8. The lowest BCUT2D eigenvalue weighted by Gasteiger charge is -2.32.